The van der Waals surface area contributed by atoms with Gasteiger partial charge in [0, 0.05) is 11.6 Å². The van der Waals surface area contributed by atoms with Gasteiger partial charge in [0.2, 0.25) is 0 Å². The molecule has 0 spiro atoms. The number of aryl methyl sites for hydroxylation is 1. The molecular weight excluding hydrogens is 162 g/mol. The molecule has 0 aliphatic heterocycles. The topological polar surface area (TPSA) is 26.0 Å². The number of rotatable bonds is 1. The van der Waals surface area contributed by atoms with Crippen LogP contribution in [0.1, 0.15) is 31.2 Å². The Morgan fingerprint density at radius 2 is 2.15 bits per heavy atom. The van der Waals surface area contributed by atoms with E-state index in [0.717, 1.165) is 22.4 Å². The molecule has 0 unspecified atom stereocenters. The van der Waals surface area contributed by atoms with E-state index < -0.39 is 0 Å². The van der Waals surface area contributed by atoms with Crippen molar-refractivity contribution in [2.75, 3.05) is 0 Å². The lowest BCUT2D eigenvalue weighted by molar-refractivity contribution is 0.568. The molecule has 0 aliphatic rings. The minimum atomic E-state index is 0.411. The van der Waals surface area contributed by atoms with Crippen molar-refractivity contribution < 1.29 is 4.42 Å². The third kappa shape index (κ3) is 1.32. The van der Waals surface area contributed by atoms with Crippen LogP contribution >= 0.6 is 0 Å². The second-order valence-corrected chi connectivity index (χ2v) is 3.63. The number of furan rings is 1. The Kier molecular flexibility index (Phi) is 1.83. The lowest BCUT2D eigenvalue weighted by atomic mass is 10.1. The Morgan fingerprint density at radius 3 is 2.85 bits per heavy atom. The van der Waals surface area contributed by atoms with Gasteiger partial charge in [0.1, 0.15) is 5.76 Å². The molecule has 68 valence electrons. The van der Waals surface area contributed by atoms with E-state index in [4.69, 9.17) is 4.42 Å². The number of pyridine rings is 1. The lowest BCUT2D eigenvalue weighted by Crippen LogP contribution is -1.91. The molecule has 2 heteroatoms. The van der Waals surface area contributed by atoms with E-state index in [1.54, 1.807) is 0 Å². The number of hydrogen-bond donors (Lipinski definition) is 0. The highest BCUT2D eigenvalue weighted by molar-refractivity contribution is 5.79. The van der Waals surface area contributed by atoms with Crippen LogP contribution in [0.4, 0.5) is 0 Å². The Labute approximate surface area is 77.6 Å². The Morgan fingerprint density at radius 1 is 1.38 bits per heavy atom. The molecule has 0 atom stereocenters. The van der Waals surface area contributed by atoms with Crippen molar-refractivity contribution in [3.63, 3.8) is 0 Å². The van der Waals surface area contributed by atoms with E-state index in [-0.39, 0.29) is 0 Å². The number of fused-ring (bicyclic) bond motifs is 1. The van der Waals surface area contributed by atoms with E-state index in [1.165, 1.54) is 0 Å². The van der Waals surface area contributed by atoms with Crippen LogP contribution in [0.2, 0.25) is 0 Å². The highest BCUT2D eigenvalue weighted by Gasteiger charge is 2.09. The van der Waals surface area contributed by atoms with Crippen molar-refractivity contribution in [1.29, 1.82) is 0 Å². The van der Waals surface area contributed by atoms with Gasteiger partial charge < -0.3 is 4.42 Å². The summed E-state index contributed by atoms with van der Waals surface area (Å²) in [7, 11) is 0. The summed E-state index contributed by atoms with van der Waals surface area (Å²) < 4.78 is 5.60. The molecule has 2 rings (SSSR count). The summed E-state index contributed by atoms with van der Waals surface area (Å²) in [4.78, 5) is 4.33. The maximum Gasteiger partial charge on any atom is 0.155 e. The molecular formula is C11H13NO. The summed E-state index contributed by atoms with van der Waals surface area (Å²) in [5.41, 5.74) is 1.99. The fourth-order valence-corrected chi connectivity index (χ4v) is 1.53. The Hall–Kier alpha value is -1.31. The zero-order valence-electron chi connectivity index (χ0n) is 8.16. The summed E-state index contributed by atoms with van der Waals surface area (Å²) in [6.45, 7) is 6.21. The summed E-state index contributed by atoms with van der Waals surface area (Å²) in [6, 6.07) is 4.03. The highest BCUT2D eigenvalue weighted by atomic mass is 16.3. The SMILES string of the molecule is Cc1cc2ccnc(C(C)C)c2o1. The molecule has 0 bridgehead atoms. The molecule has 0 amide bonds. The van der Waals surface area contributed by atoms with Gasteiger partial charge in [-0.1, -0.05) is 13.8 Å². The van der Waals surface area contributed by atoms with Crippen molar-refractivity contribution in [3.8, 4) is 0 Å². The minimum Gasteiger partial charge on any atom is -0.459 e. The van der Waals surface area contributed by atoms with Crippen LogP contribution in [0.25, 0.3) is 11.0 Å². The van der Waals surface area contributed by atoms with Crippen LogP contribution in [0, 0.1) is 6.92 Å². The molecule has 0 radical (unpaired) electrons. The molecule has 13 heavy (non-hydrogen) atoms. The monoisotopic (exact) mass is 175 g/mol. The van der Waals surface area contributed by atoms with Gasteiger partial charge in [-0.3, -0.25) is 4.98 Å². The quantitative estimate of drug-likeness (QED) is 0.664. The maximum absolute atomic E-state index is 5.60. The van der Waals surface area contributed by atoms with Gasteiger partial charge in [-0.25, -0.2) is 0 Å². The van der Waals surface area contributed by atoms with Gasteiger partial charge in [-0.05, 0) is 25.0 Å². The number of aromatic nitrogens is 1. The van der Waals surface area contributed by atoms with E-state index in [0.29, 0.717) is 5.92 Å². The van der Waals surface area contributed by atoms with Crippen LogP contribution in [-0.4, -0.2) is 4.98 Å². The molecule has 0 saturated carbocycles. The first-order chi connectivity index (χ1) is 6.18. The molecule has 0 saturated heterocycles. The van der Waals surface area contributed by atoms with Crippen LogP contribution in [-0.2, 0) is 0 Å². The van der Waals surface area contributed by atoms with Crippen LogP contribution in [0.15, 0.2) is 22.7 Å². The van der Waals surface area contributed by atoms with Gasteiger partial charge >= 0.3 is 0 Å². The second kappa shape index (κ2) is 2.87. The molecule has 0 fully saturated rings. The average Bonchev–Trinajstić information content (AvgIpc) is 2.43. The number of hydrogen-bond acceptors (Lipinski definition) is 2. The van der Waals surface area contributed by atoms with Crippen molar-refractivity contribution in [3.05, 3.63) is 29.8 Å². The Balaban J connectivity index is 2.75. The maximum atomic E-state index is 5.60. The molecule has 0 aromatic carbocycles. The van der Waals surface area contributed by atoms with E-state index in [2.05, 4.69) is 18.8 Å². The molecule has 2 aromatic heterocycles. The first-order valence-corrected chi connectivity index (χ1v) is 4.53. The molecule has 2 nitrogen and oxygen atoms in total. The third-order valence-corrected chi connectivity index (χ3v) is 2.13. The van der Waals surface area contributed by atoms with E-state index >= 15 is 0 Å². The van der Waals surface area contributed by atoms with Gasteiger partial charge in [0.15, 0.2) is 5.58 Å². The van der Waals surface area contributed by atoms with Crippen LogP contribution in [0.5, 0.6) is 0 Å². The van der Waals surface area contributed by atoms with Crippen molar-refractivity contribution in [2.45, 2.75) is 26.7 Å². The normalized spacial score (nSPS) is 11.4. The summed E-state index contributed by atoms with van der Waals surface area (Å²) in [5.74, 6) is 1.36. The summed E-state index contributed by atoms with van der Waals surface area (Å²) >= 11 is 0. The predicted octanol–water partition coefficient (Wildman–Crippen LogP) is 3.26. The van der Waals surface area contributed by atoms with Crippen LogP contribution in [0.3, 0.4) is 0 Å². The van der Waals surface area contributed by atoms with Crippen molar-refractivity contribution >= 4 is 11.0 Å². The predicted molar refractivity (Wildman–Crippen MR) is 52.8 cm³/mol. The minimum absolute atomic E-state index is 0.411. The number of nitrogens with zero attached hydrogens (tertiary/aromatic N) is 1. The van der Waals surface area contributed by atoms with Gasteiger partial charge in [0.05, 0.1) is 5.69 Å². The largest absolute Gasteiger partial charge is 0.459 e. The first kappa shape index (κ1) is 8.30. The molecule has 0 N–H and O–H groups in total. The molecule has 2 heterocycles. The third-order valence-electron chi connectivity index (χ3n) is 2.13. The van der Waals surface area contributed by atoms with Gasteiger partial charge in [-0.15, -0.1) is 0 Å². The summed E-state index contributed by atoms with van der Waals surface area (Å²) in [6.07, 6.45) is 1.84. The van der Waals surface area contributed by atoms with Gasteiger partial charge in [0.25, 0.3) is 0 Å². The first-order valence-electron chi connectivity index (χ1n) is 4.53. The van der Waals surface area contributed by atoms with Crippen molar-refractivity contribution in [1.82, 2.24) is 4.98 Å². The lowest BCUT2D eigenvalue weighted by Gasteiger charge is -2.03. The van der Waals surface area contributed by atoms with Gasteiger partial charge in [-0.2, -0.15) is 0 Å². The van der Waals surface area contributed by atoms with E-state index in [1.807, 2.05) is 25.3 Å². The zero-order chi connectivity index (χ0) is 9.42. The van der Waals surface area contributed by atoms with E-state index in [9.17, 15) is 0 Å². The average molecular weight is 175 g/mol. The second-order valence-electron chi connectivity index (χ2n) is 3.63. The summed E-state index contributed by atoms with van der Waals surface area (Å²) in [5, 5.41) is 1.15. The van der Waals surface area contributed by atoms with Crippen molar-refractivity contribution in [2.24, 2.45) is 0 Å². The Bertz CT molecular complexity index is 429. The fourth-order valence-electron chi connectivity index (χ4n) is 1.53. The fraction of sp³-hybridized carbons (Fsp3) is 0.364. The molecule has 2 aromatic rings. The highest BCUT2D eigenvalue weighted by Crippen LogP contribution is 2.25. The smallest absolute Gasteiger partial charge is 0.155 e. The van der Waals surface area contributed by atoms with Crippen LogP contribution < -0.4 is 0 Å². The zero-order valence-corrected chi connectivity index (χ0v) is 8.16. The standard InChI is InChI=1S/C11H13NO/c1-7(2)10-11-9(4-5-12-10)6-8(3)13-11/h4-7H,1-3H3. The molecule has 0 aliphatic carbocycles.